The largest absolute Gasteiger partial charge is 0.387 e. The van der Waals surface area contributed by atoms with Gasteiger partial charge in [-0.1, -0.05) is 38.0 Å². The van der Waals surface area contributed by atoms with E-state index in [1.165, 1.54) is 6.07 Å². The standard InChI is InChI=1S/C15H22FNO/c1-2-6-11-7-5-10-14(17-11)15(18)12-8-3-4-9-13(12)16/h3-4,8-9,11,14-15,17-18H,2,5-7,10H2,1H3. The van der Waals surface area contributed by atoms with E-state index >= 15 is 0 Å². The van der Waals surface area contributed by atoms with E-state index in [1.54, 1.807) is 18.2 Å². The molecule has 18 heavy (non-hydrogen) atoms. The molecular weight excluding hydrogens is 229 g/mol. The van der Waals surface area contributed by atoms with E-state index in [0.717, 1.165) is 32.1 Å². The van der Waals surface area contributed by atoms with Gasteiger partial charge in [0.1, 0.15) is 5.82 Å². The van der Waals surface area contributed by atoms with Crippen molar-refractivity contribution in [1.29, 1.82) is 0 Å². The SMILES string of the molecule is CCCC1CCCC(C(O)c2ccccc2F)N1. The average Bonchev–Trinajstić information content (AvgIpc) is 2.39. The first-order chi connectivity index (χ1) is 8.72. The summed E-state index contributed by atoms with van der Waals surface area (Å²) in [6, 6.07) is 6.95. The van der Waals surface area contributed by atoms with Crippen LogP contribution in [0.2, 0.25) is 0 Å². The molecule has 0 bridgehead atoms. The van der Waals surface area contributed by atoms with Crippen molar-refractivity contribution in [2.24, 2.45) is 0 Å². The number of nitrogens with one attached hydrogen (secondary N) is 1. The van der Waals surface area contributed by atoms with Crippen LogP contribution in [0.25, 0.3) is 0 Å². The van der Waals surface area contributed by atoms with E-state index < -0.39 is 6.10 Å². The van der Waals surface area contributed by atoms with E-state index in [0.29, 0.717) is 11.6 Å². The van der Waals surface area contributed by atoms with Crippen molar-refractivity contribution >= 4 is 0 Å². The number of rotatable bonds is 4. The van der Waals surface area contributed by atoms with Gasteiger partial charge in [-0.25, -0.2) is 4.39 Å². The Balaban J connectivity index is 2.04. The summed E-state index contributed by atoms with van der Waals surface area (Å²) in [6.07, 6.45) is 4.70. The van der Waals surface area contributed by atoms with E-state index in [1.807, 2.05) is 0 Å². The summed E-state index contributed by atoms with van der Waals surface area (Å²) in [7, 11) is 0. The van der Waals surface area contributed by atoms with Crippen LogP contribution in [0.15, 0.2) is 24.3 Å². The first-order valence-electron chi connectivity index (χ1n) is 6.91. The second-order valence-corrected chi connectivity index (χ2v) is 5.16. The molecule has 1 aliphatic rings. The van der Waals surface area contributed by atoms with Gasteiger partial charge in [0.15, 0.2) is 0 Å². The Morgan fingerprint density at radius 2 is 2.17 bits per heavy atom. The van der Waals surface area contributed by atoms with Crippen LogP contribution in [0.3, 0.4) is 0 Å². The van der Waals surface area contributed by atoms with E-state index in [2.05, 4.69) is 12.2 Å². The molecule has 2 N–H and O–H groups in total. The molecule has 0 aromatic heterocycles. The van der Waals surface area contributed by atoms with Gasteiger partial charge < -0.3 is 10.4 Å². The van der Waals surface area contributed by atoms with Crippen LogP contribution in [0.1, 0.15) is 50.7 Å². The molecule has 0 saturated carbocycles. The first kappa shape index (κ1) is 13.5. The Hall–Kier alpha value is -0.930. The molecule has 1 aliphatic heterocycles. The summed E-state index contributed by atoms with van der Waals surface area (Å²) in [5.41, 5.74) is 0.409. The van der Waals surface area contributed by atoms with Crippen LogP contribution in [0.5, 0.6) is 0 Å². The highest BCUT2D eigenvalue weighted by Gasteiger charge is 2.28. The topological polar surface area (TPSA) is 32.3 Å². The minimum absolute atomic E-state index is 0.0211. The van der Waals surface area contributed by atoms with E-state index in [9.17, 15) is 9.50 Å². The second kappa shape index (κ2) is 6.30. The number of halogens is 1. The molecule has 0 radical (unpaired) electrons. The smallest absolute Gasteiger partial charge is 0.129 e. The van der Waals surface area contributed by atoms with Crippen LogP contribution in [-0.4, -0.2) is 17.2 Å². The maximum absolute atomic E-state index is 13.7. The third-order valence-electron chi connectivity index (χ3n) is 3.76. The lowest BCUT2D eigenvalue weighted by atomic mass is 9.90. The summed E-state index contributed by atoms with van der Waals surface area (Å²) in [5.74, 6) is -0.315. The van der Waals surface area contributed by atoms with E-state index in [-0.39, 0.29) is 11.9 Å². The van der Waals surface area contributed by atoms with Gasteiger partial charge in [0.05, 0.1) is 6.10 Å². The fraction of sp³-hybridized carbons (Fsp3) is 0.600. The third kappa shape index (κ3) is 3.09. The first-order valence-corrected chi connectivity index (χ1v) is 6.91. The highest BCUT2D eigenvalue weighted by Crippen LogP contribution is 2.27. The van der Waals surface area contributed by atoms with Gasteiger partial charge in [-0.05, 0) is 25.3 Å². The number of benzene rings is 1. The molecule has 2 rings (SSSR count). The van der Waals surface area contributed by atoms with Crippen molar-refractivity contribution in [2.45, 2.75) is 57.2 Å². The Morgan fingerprint density at radius 3 is 2.89 bits per heavy atom. The predicted octanol–water partition coefficient (Wildman–Crippen LogP) is 3.17. The van der Waals surface area contributed by atoms with Gasteiger partial charge in [0, 0.05) is 17.6 Å². The zero-order chi connectivity index (χ0) is 13.0. The lowest BCUT2D eigenvalue weighted by molar-refractivity contribution is 0.0966. The van der Waals surface area contributed by atoms with Crippen molar-refractivity contribution in [3.63, 3.8) is 0 Å². The molecular formula is C15H22FNO. The van der Waals surface area contributed by atoms with Gasteiger partial charge >= 0.3 is 0 Å². The molecule has 0 amide bonds. The maximum Gasteiger partial charge on any atom is 0.129 e. The number of hydrogen-bond acceptors (Lipinski definition) is 2. The number of aliphatic hydroxyl groups is 1. The van der Waals surface area contributed by atoms with Crippen LogP contribution >= 0.6 is 0 Å². The Morgan fingerprint density at radius 1 is 1.39 bits per heavy atom. The average molecular weight is 251 g/mol. The highest BCUT2D eigenvalue weighted by atomic mass is 19.1. The molecule has 1 aromatic carbocycles. The summed E-state index contributed by atoms with van der Waals surface area (Å²) < 4.78 is 13.7. The molecule has 3 unspecified atom stereocenters. The third-order valence-corrected chi connectivity index (χ3v) is 3.76. The summed E-state index contributed by atoms with van der Waals surface area (Å²) in [5, 5.41) is 13.8. The fourth-order valence-electron chi connectivity index (χ4n) is 2.81. The van der Waals surface area contributed by atoms with Crippen molar-refractivity contribution in [3.8, 4) is 0 Å². The fourth-order valence-corrected chi connectivity index (χ4v) is 2.81. The van der Waals surface area contributed by atoms with Crippen molar-refractivity contribution in [2.75, 3.05) is 0 Å². The van der Waals surface area contributed by atoms with Crippen LogP contribution in [0.4, 0.5) is 4.39 Å². The lowest BCUT2D eigenvalue weighted by Crippen LogP contribution is -2.45. The molecule has 2 nitrogen and oxygen atoms in total. The molecule has 1 saturated heterocycles. The number of piperidine rings is 1. The number of hydrogen-bond donors (Lipinski definition) is 2. The minimum Gasteiger partial charge on any atom is -0.387 e. The molecule has 1 fully saturated rings. The Labute approximate surface area is 108 Å². The highest BCUT2D eigenvalue weighted by molar-refractivity contribution is 5.21. The maximum atomic E-state index is 13.7. The molecule has 3 atom stereocenters. The molecule has 3 heteroatoms. The van der Waals surface area contributed by atoms with Crippen LogP contribution in [0, 0.1) is 5.82 Å². The van der Waals surface area contributed by atoms with Gasteiger partial charge in [-0.2, -0.15) is 0 Å². The molecule has 100 valence electrons. The normalized spacial score (nSPS) is 25.9. The van der Waals surface area contributed by atoms with Gasteiger partial charge in [-0.3, -0.25) is 0 Å². The zero-order valence-electron chi connectivity index (χ0n) is 10.9. The summed E-state index contributed by atoms with van der Waals surface area (Å²) in [6.45, 7) is 2.17. The van der Waals surface area contributed by atoms with Crippen LogP contribution < -0.4 is 5.32 Å². The molecule has 0 aliphatic carbocycles. The van der Waals surface area contributed by atoms with Gasteiger partial charge in [0.2, 0.25) is 0 Å². The zero-order valence-corrected chi connectivity index (χ0v) is 10.9. The number of aliphatic hydroxyl groups excluding tert-OH is 1. The predicted molar refractivity (Wildman–Crippen MR) is 70.8 cm³/mol. The second-order valence-electron chi connectivity index (χ2n) is 5.16. The summed E-state index contributed by atoms with van der Waals surface area (Å²) in [4.78, 5) is 0. The molecule has 1 aromatic rings. The van der Waals surface area contributed by atoms with Gasteiger partial charge in [0.25, 0.3) is 0 Å². The Bertz CT molecular complexity index is 381. The quantitative estimate of drug-likeness (QED) is 0.861. The van der Waals surface area contributed by atoms with Crippen LogP contribution in [-0.2, 0) is 0 Å². The molecule has 0 spiro atoms. The Kier molecular flexibility index (Phi) is 4.72. The van der Waals surface area contributed by atoms with Crippen molar-refractivity contribution in [3.05, 3.63) is 35.6 Å². The minimum atomic E-state index is -0.745. The van der Waals surface area contributed by atoms with Crippen molar-refractivity contribution < 1.29 is 9.50 Å². The lowest BCUT2D eigenvalue weighted by Gasteiger charge is -2.34. The van der Waals surface area contributed by atoms with E-state index in [4.69, 9.17) is 0 Å². The summed E-state index contributed by atoms with van der Waals surface area (Å²) >= 11 is 0. The van der Waals surface area contributed by atoms with Crippen molar-refractivity contribution in [1.82, 2.24) is 5.32 Å². The van der Waals surface area contributed by atoms with Gasteiger partial charge in [-0.15, -0.1) is 0 Å². The monoisotopic (exact) mass is 251 g/mol. The molecule has 1 heterocycles.